The molecule has 0 amide bonds. The van der Waals surface area contributed by atoms with E-state index in [4.69, 9.17) is 20.4 Å². The van der Waals surface area contributed by atoms with Crippen LogP contribution in [0.25, 0.3) is 32.3 Å². The maximum absolute atomic E-state index is 12.1. The quantitative estimate of drug-likeness (QED) is 0.0776. The fourth-order valence-electron chi connectivity index (χ4n) is 3.58. The monoisotopic (exact) mass is 516 g/mol. The van der Waals surface area contributed by atoms with Crippen molar-refractivity contribution in [3.05, 3.63) is 36.4 Å². The Morgan fingerprint density at radius 2 is 1.36 bits per heavy atom. The lowest BCUT2D eigenvalue weighted by Gasteiger charge is -2.18. The fourth-order valence-corrected chi connectivity index (χ4v) is 5.42. The summed E-state index contributed by atoms with van der Waals surface area (Å²) in [6.45, 7) is -0.662. The molecule has 0 aliphatic heterocycles. The van der Waals surface area contributed by atoms with Crippen LogP contribution in [0, 0.1) is 0 Å². The molecule has 0 saturated heterocycles. The fraction of sp³-hybridized carbons (Fsp3) is 0.0556. The van der Waals surface area contributed by atoms with Crippen LogP contribution in [0.5, 0.6) is 5.75 Å². The average molecular weight is 516 g/mol. The summed E-state index contributed by atoms with van der Waals surface area (Å²) in [5.74, 6) is -1.09. The van der Waals surface area contributed by atoms with Crippen LogP contribution in [0.3, 0.4) is 0 Å². The van der Waals surface area contributed by atoms with E-state index in [0.717, 1.165) is 6.07 Å². The molecule has 33 heavy (non-hydrogen) atoms. The van der Waals surface area contributed by atoms with E-state index in [2.05, 4.69) is 18.7 Å². The van der Waals surface area contributed by atoms with E-state index in [-0.39, 0.29) is 16.0 Å². The summed E-state index contributed by atoms with van der Waals surface area (Å²) >= 11 is 1.10. The van der Waals surface area contributed by atoms with E-state index in [1.165, 1.54) is 18.2 Å². The summed E-state index contributed by atoms with van der Waals surface area (Å²) in [4.78, 5) is 11.1. The van der Waals surface area contributed by atoms with Crippen molar-refractivity contribution in [3.63, 3.8) is 0 Å². The highest BCUT2D eigenvalue weighted by Crippen LogP contribution is 2.47. The number of carboxylic acid groups (broad SMARTS) is 1. The molecule has 0 aliphatic carbocycles. The van der Waals surface area contributed by atoms with Crippen molar-refractivity contribution in [2.45, 2.75) is 14.7 Å². The largest absolute Gasteiger partial charge is 0.481 e. The number of aliphatic carboxylic acids is 1. The van der Waals surface area contributed by atoms with Crippen molar-refractivity contribution in [2.75, 3.05) is 6.61 Å². The van der Waals surface area contributed by atoms with Crippen LogP contribution in [0.1, 0.15) is 0 Å². The second-order valence-electron chi connectivity index (χ2n) is 6.43. The number of rotatable bonds is 10. The Morgan fingerprint density at radius 3 is 1.91 bits per heavy atom. The first-order valence-electron chi connectivity index (χ1n) is 8.66. The van der Waals surface area contributed by atoms with Gasteiger partial charge in [-0.05, 0) is 29.0 Å². The Kier molecular flexibility index (Phi) is 6.78. The third kappa shape index (κ3) is 4.51. The molecule has 4 N–H and O–H groups in total. The van der Waals surface area contributed by atoms with Crippen molar-refractivity contribution < 1.29 is 56.9 Å². The highest BCUT2D eigenvalue weighted by molar-refractivity contribution is 7.95. The van der Waals surface area contributed by atoms with Gasteiger partial charge in [0, 0.05) is 26.4 Å². The summed E-state index contributed by atoms with van der Waals surface area (Å²) in [5, 5.41) is 35.8. The Morgan fingerprint density at radius 1 is 0.848 bits per heavy atom. The molecule has 4 aromatic carbocycles. The molecule has 0 fully saturated rings. The zero-order valence-corrected chi connectivity index (χ0v) is 18.4. The maximum Gasteiger partial charge on any atom is 0.341 e. The third-order valence-electron chi connectivity index (χ3n) is 4.68. The lowest BCUT2D eigenvalue weighted by Crippen LogP contribution is -2.10. The molecule has 0 bridgehead atoms. The molecule has 0 unspecified atom stereocenters. The van der Waals surface area contributed by atoms with Crippen LogP contribution in [0.2, 0.25) is 0 Å². The normalized spacial score (nSPS) is 12.2. The second-order valence-corrected chi connectivity index (χ2v) is 9.30. The number of carboxylic acids is 1. The molecule has 0 saturated carbocycles. The number of hydrogen-bond acceptors (Lipinski definition) is 12. The lowest BCUT2D eigenvalue weighted by atomic mass is 9.93. The summed E-state index contributed by atoms with van der Waals surface area (Å²) in [7, 11) is -4.70. The van der Waals surface area contributed by atoms with Crippen LogP contribution >= 0.6 is 24.1 Å². The SMILES string of the molecule is O=C(O)COc1cc(SOOO)c2ccc3c(SOOO)cc(S(=O)(=O)O)c4ccc1c2c34. The number of hydrogen-bond donors (Lipinski definition) is 4. The standard InChI is InChI=1S/C18H12O12S3/c19-16(20)7-26-12-5-13(31-29-27-21)9-2-3-10-14(32-30-28-22)6-15(33(23,24)25)11-4-1-8(12)17(9)18(10)11/h1-6,21-22H,7H2,(H,19,20)(H,23,24,25). The van der Waals surface area contributed by atoms with Gasteiger partial charge in [-0.3, -0.25) is 4.55 Å². The van der Waals surface area contributed by atoms with Crippen LogP contribution in [0.15, 0.2) is 51.1 Å². The molecule has 0 spiro atoms. The maximum atomic E-state index is 12.1. The van der Waals surface area contributed by atoms with E-state index < -0.39 is 27.6 Å². The summed E-state index contributed by atoms with van der Waals surface area (Å²) < 4.78 is 48.5. The van der Waals surface area contributed by atoms with Gasteiger partial charge in [0.15, 0.2) is 6.61 Å². The van der Waals surface area contributed by atoms with Crippen LogP contribution < -0.4 is 4.74 Å². The van der Waals surface area contributed by atoms with E-state index in [1.807, 2.05) is 0 Å². The Bertz CT molecular complexity index is 1450. The van der Waals surface area contributed by atoms with Crippen molar-refractivity contribution in [1.82, 2.24) is 0 Å². The van der Waals surface area contributed by atoms with Crippen molar-refractivity contribution in [2.24, 2.45) is 0 Å². The van der Waals surface area contributed by atoms with Crippen molar-refractivity contribution in [3.8, 4) is 5.75 Å². The number of benzene rings is 4. The smallest absolute Gasteiger partial charge is 0.341 e. The summed E-state index contributed by atoms with van der Waals surface area (Å²) in [6, 6.07) is 8.87. The minimum absolute atomic E-state index is 0.129. The van der Waals surface area contributed by atoms with Gasteiger partial charge in [-0.25, -0.2) is 15.3 Å². The van der Waals surface area contributed by atoms with E-state index in [1.54, 1.807) is 12.1 Å². The predicted molar refractivity (Wildman–Crippen MR) is 114 cm³/mol. The topological polar surface area (TPSA) is 178 Å². The summed E-state index contributed by atoms with van der Waals surface area (Å²) in [5.41, 5.74) is 0. The minimum atomic E-state index is -4.70. The molecule has 0 aromatic heterocycles. The zero-order chi connectivity index (χ0) is 23.8. The molecule has 0 radical (unpaired) electrons. The Labute approximate surface area is 192 Å². The van der Waals surface area contributed by atoms with Gasteiger partial charge in [-0.1, -0.05) is 28.3 Å². The molecule has 12 nitrogen and oxygen atoms in total. The van der Waals surface area contributed by atoms with Gasteiger partial charge in [0.25, 0.3) is 10.1 Å². The summed E-state index contributed by atoms with van der Waals surface area (Å²) in [6.07, 6.45) is 0. The molecule has 174 valence electrons. The molecular formula is C18H12O12S3. The van der Waals surface area contributed by atoms with E-state index >= 15 is 0 Å². The zero-order valence-electron chi connectivity index (χ0n) is 16.0. The van der Waals surface area contributed by atoms with Crippen LogP contribution in [-0.4, -0.2) is 41.2 Å². The molecule has 4 aromatic rings. The van der Waals surface area contributed by atoms with Gasteiger partial charge < -0.3 is 9.84 Å². The lowest BCUT2D eigenvalue weighted by molar-refractivity contribution is -0.432. The number of ether oxygens (including phenoxy) is 1. The van der Waals surface area contributed by atoms with Crippen molar-refractivity contribution in [1.29, 1.82) is 0 Å². The van der Waals surface area contributed by atoms with Crippen LogP contribution in [-0.2, 0) is 33.7 Å². The second kappa shape index (κ2) is 9.43. The van der Waals surface area contributed by atoms with Gasteiger partial charge in [0.05, 0.1) is 29.0 Å². The van der Waals surface area contributed by atoms with E-state index in [9.17, 15) is 17.8 Å². The highest BCUT2D eigenvalue weighted by atomic mass is 32.2. The van der Waals surface area contributed by atoms with E-state index in [0.29, 0.717) is 55.9 Å². The number of carbonyl (C=O) groups is 1. The first-order valence-corrected chi connectivity index (χ1v) is 11.6. The minimum Gasteiger partial charge on any atom is -0.481 e. The average Bonchev–Trinajstić information content (AvgIpc) is 2.78. The molecule has 0 aliphatic rings. The highest BCUT2D eigenvalue weighted by Gasteiger charge is 2.24. The van der Waals surface area contributed by atoms with Gasteiger partial charge >= 0.3 is 5.97 Å². The van der Waals surface area contributed by atoms with Gasteiger partial charge in [-0.2, -0.15) is 8.42 Å². The molecule has 15 heteroatoms. The van der Waals surface area contributed by atoms with Crippen LogP contribution in [0.4, 0.5) is 0 Å². The molecule has 4 rings (SSSR count). The van der Waals surface area contributed by atoms with Gasteiger partial charge in [-0.15, -0.1) is 8.67 Å². The molecular weight excluding hydrogens is 504 g/mol. The van der Waals surface area contributed by atoms with Gasteiger partial charge in [0.1, 0.15) is 10.6 Å². The Balaban J connectivity index is 2.14. The molecule has 0 atom stereocenters. The Hall–Kier alpha value is -2.44. The third-order valence-corrected chi connectivity index (χ3v) is 6.87. The van der Waals surface area contributed by atoms with Crippen molar-refractivity contribution >= 4 is 72.5 Å². The molecule has 0 heterocycles. The predicted octanol–water partition coefficient (Wildman–Crippen LogP) is 4.15. The first kappa shape index (κ1) is 23.7. The first-order chi connectivity index (χ1) is 15.8. The van der Waals surface area contributed by atoms with Gasteiger partial charge in [0.2, 0.25) is 0 Å².